The molecular formula is C9H14N2O. The minimum atomic E-state index is -0.363. The maximum Gasteiger partial charge on any atom is 0.252 e. The predicted octanol–water partition coefficient (Wildman–Crippen LogP) is 1.88. The van der Waals surface area contributed by atoms with Crippen LogP contribution in [0.25, 0.3) is 0 Å². The molecule has 3 nitrogen and oxygen atoms in total. The lowest BCUT2D eigenvalue weighted by Gasteiger charge is -2.15. The molecule has 0 aliphatic rings. The van der Waals surface area contributed by atoms with Gasteiger partial charge in [-0.25, -0.2) is 4.68 Å². The molecule has 0 bridgehead atoms. The third-order valence-electron chi connectivity index (χ3n) is 1.57. The summed E-state index contributed by atoms with van der Waals surface area (Å²) < 4.78 is 1.40. The van der Waals surface area contributed by atoms with Gasteiger partial charge in [-0.05, 0) is 13.0 Å². The van der Waals surface area contributed by atoms with E-state index in [1.807, 2.05) is 33.8 Å². The largest absolute Gasteiger partial charge is 0.272 e. The SMILES string of the molecule is Cc1ccn(C(=O)C(C)(C)C)n1. The van der Waals surface area contributed by atoms with Gasteiger partial charge in [0.1, 0.15) is 0 Å². The van der Waals surface area contributed by atoms with Crippen LogP contribution in [-0.4, -0.2) is 15.7 Å². The molecule has 0 radical (unpaired) electrons. The molecule has 0 saturated heterocycles. The maximum atomic E-state index is 11.6. The number of carbonyl (C=O) groups excluding carboxylic acids is 1. The van der Waals surface area contributed by atoms with Gasteiger partial charge in [0.25, 0.3) is 5.91 Å². The van der Waals surface area contributed by atoms with Crippen molar-refractivity contribution in [1.82, 2.24) is 9.78 Å². The van der Waals surface area contributed by atoms with E-state index in [0.717, 1.165) is 5.69 Å². The Bertz CT molecular complexity index is 294. The van der Waals surface area contributed by atoms with Gasteiger partial charge in [-0.15, -0.1) is 0 Å². The van der Waals surface area contributed by atoms with Gasteiger partial charge in [0, 0.05) is 11.6 Å². The summed E-state index contributed by atoms with van der Waals surface area (Å²) in [7, 11) is 0. The maximum absolute atomic E-state index is 11.6. The lowest BCUT2D eigenvalue weighted by atomic mass is 9.96. The van der Waals surface area contributed by atoms with Crippen LogP contribution in [0.15, 0.2) is 12.3 Å². The summed E-state index contributed by atoms with van der Waals surface area (Å²) >= 11 is 0. The highest BCUT2D eigenvalue weighted by molar-refractivity contribution is 5.83. The van der Waals surface area contributed by atoms with Crippen LogP contribution in [0.3, 0.4) is 0 Å². The fourth-order valence-electron chi connectivity index (χ4n) is 0.872. The Hall–Kier alpha value is -1.12. The highest BCUT2D eigenvalue weighted by Gasteiger charge is 2.23. The van der Waals surface area contributed by atoms with E-state index < -0.39 is 0 Å². The minimum Gasteiger partial charge on any atom is -0.272 e. The van der Waals surface area contributed by atoms with Gasteiger partial charge in [-0.3, -0.25) is 4.79 Å². The molecule has 0 spiro atoms. The van der Waals surface area contributed by atoms with Crippen molar-refractivity contribution in [3.63, 3.8) is 0 Å². The summed E-state index contributed by atoms with van der Waals surface area (Å²) in [5, 5.41) is 4.04. The van der Waals surface area contributed by atoms with Crippen molar-refractivity contribution in [1.29, 1.82) is 0 Å². The summed E-state index contributed by atoms with van der Waals surface area (Å²) in [5.41, 5.74) is 0.506. The van der Waals surface area contributed by atoms with Crippen molar-refractivity contribution in [3.8, 4) is 0 Å². The van der Waals surface area contributed by atoms with Crippen molar-refractivity contribution in [2.75, 3.05) is 0 Å². The van der Waals surface area contributed by atoms with E-state index in [0.29, 0.717) is 0 Å². The second-order valence-corrected chi connectivity index (χ2v) is 3.96. The molecule has 12 heavy (non-hydrogen) atoms. The topological polar surface area (TPSA) is 34.9 Å². The van der Waals surface area contributed by atoms with Gasteiger partial charge < -0.3 is 0 Å². The fraction of sp³-hybridized carbons (Fsp3) is 0.556. The van der Waals surface area contributed by atoms with Gasteiger partial charge in [0.15, 0.2) is 0 Å². The lowest BCUT2D eigenvalue weighted by molar-refractivity contribution is 0.0748. The van der Waals surface area contributed by atoms with Crippen LogP contribution in [0.1, 0.15) is 31.3 Å². The van der Waals surface area contributed by atoms with E-state index in [-0.39, 0.29) is 11.3 Å². The second kappa shape index (κ2) is 2.73. The smallest absolute Gasteiger partial charge is 0.252 e. The first kappa shape index (κ1) is 8.97. The summed E-state index contributed by atoms with van der Waals surface area (Å²) in [5.74, 6) is 0.0237. The molecule has 66 valence electrons. The number of carbonyl (C=O) groups is 1. The third kappa shape index (κ3) is 1.72. The lowest BCUT2D eigenvalue weighted by Crippen LogP contribution is -2.27. The zero-order valence-corrected chi connectivity index (χ0v) is 7.96. The van der Waals surface area contributed by atoms with Gasteiger partial charge >= 0.3 is 0 Å². The predicted molar refractivity (Wildman–Crippen MR) is 47.0 cm³/mol. The van der Waals surface area contributed by atoms with E-state index in [1.165, 1.54) is 4.68 Å². The van der Waals surface area contributed by atoms with Gasteiger partial charge in [-0.1, -0.05) is 20.8 Å². The van der Waals surface area contributed by atoms with Crippen LogP contribution >= 0.6 is 0 Å². The molecule has 0 amide bonds. The van der Waals surface area contributed by atoms with Crippen LogP contribution in [-0.2, 0) is 0 Å². The van der Waals surface area contributed by atoms with Gasteiger partial charge in [-0.2, -0.15) is 5.10 Å². The molecule has 3 heteroatoms. The first-order valence-corrected chi connectivity index (χ1v) is 3.98. The Labute approximate surface area is 72.4 Å². The molecule has 1 heterocycles. The van der Waals surface area contributed by atoms with E-state index in [1.54, 1.807) is 6.20 Å². The summed E-state index contributed by atoms with van der Waals surface area (Å²) in [6, 6.07) is 1.82. The highest BCUT2D eigenvalue weighted by Crippen LogP contribution is 2.15. The number of hydrogen-bond donors (Lipinski definition) is 0. The summed E-state index contributed by atoms with van der Waals surface area (Å²) in [6.07, 6.45) is 1.70. The Morgan fingerprint density at radius 3 is 2.42 bits per heavy atom. The van der Waals surface area contributed by atoms with Crippen LogP contribution in [0, 0.1) is 12.3 Å². The molecule has 0 unspecified atom stereocenters. The first-order valence-electron chi connectivity index (χ1n) is 3.98. The zero-order chi connectivity index (χ0) is 9.35. The molecule has 0 aliphatic carbocycles. The second-order valence-electron chi connectivity index (χ2n) is 3.96. The van der Waals surface area contributed by atoms with Gasteiger partial charge in [0.05, 0.1) is 5.69 Å². The molecule has 1 aromatic heterocycles. The fourth-order valence-corrected chi connectivity index (χ4v) is 0.872. The number of rotatable bonds is 0. The van der Waals surface area contributed by atoms with Crippen molar-refractivity contribution < 1.29 is 4.79 Å². The average Bonchev–Trinajstić information content (AvgIpc) is 2.32. The first-order chi connectivity index (χ1) is 5.41. The van der Waals surface area contributed by atoms with Crippen LogP contribution < -0.4 is 0 Å². The summed E-state index contributed by atoms with van der Waals surface area (Å²) in [6.45, 7) is 7.51. The quantitative estimate of drug-likeness (QED) is 0.589. The van der Waals surface area contributed by atoms with Crippen molar-refractivity contribution in [2.24, 2.45) is 5.41 Å². The van der Waals surface area contributed by atoms with Crippen molar-refractivity contribution in [3.05, 3.63) is 18.0 Å². The number of nitrogens with zero attached hydrogens (tertiary/aromatic N) is 2. The molecule has 0 saturated carbocycles. The molecule has 0 N–H and O–H groups in total. The highest BCUT2D eigenvalue weighted by atomic mass is 16.2. The minimum absolute atomic E-state index is 0.0237. The Balaban J connectivity index is 2.93. The molecule has 0 fully saturated rings. The standard InChI is InChI=1S/C9H14N2O/c1-7-5-6-11(10-7)8(12)9(2,3)4/h5-6H,1-4H3. The molecule has 1 aromatic rings. The summed E-state index contributed by atoms with van der Waals surface area (Å²) in [4.78, 5) is 11.6. The molecule has 0 atom stereocenters. The number of aromatic nitrogens is 2. The Morgan fingerprint density at radius 1 is 1.50 bits per heavy atom. The van der Waals surface area contributed by atoms with E-state index >= 15 is 0 Å². The third-order valence-corrected chi connectivity index (χ3v) is 1.57. The number of hydrogen-bond acceptors (Lipinski definition) is 2. The average molecular weight is 166 g/mol. The Kier molecular flexibility index (Phi) is 2.04. The monoisotopic (exact) mass is 166 g/mol. The Morgan fingerprint density at radius 2 is 2.08 bits per heavy atom. The zero-order valence-electron chi connectivity index (χ0n) is 7.96. The normalized spacial score (nSPS) is 11.7. The molecule has 0 aromatic carbocycles. The van der Waals surface area contributed by atoms with Crippen LogP contribution in [0.2, 0.25) is 0 Å². The van der Waals surface area contributed by atoms with E-state index in [9.17, 15) is 4.79 Å². The van der Waals surface area contributed by atoms with Crippen LogP contribution in [0.4, 0.5) is 0 Å². The van der Waals surface area contributed by atoms with Crippen LogP contribution in [0.5, 0.6) is 0 Å². The van der Waals surface area contributed by atoms with Crippen molar-refractivity contribution in [2.45, 2.75) is 27.7 Å². The van der Waals surface area contributed by atoms with E-state index in [4.69, 9.17) is 0 Å². The molecular weight excluding hydrogens is 152 g/mol. The van der Waals surface area contributed by atoms with Crippen molar-refractivity contribution >= 4 is 5.91 Å². The van der Waals surface area contributed by atoms with Gasteiger partial charge in [0.2, 0.25) is 0 Å². The molecule has 1 rings (SSSR count). The molecule has 0 aliphatic heterocycles. The number of aryl methyl sites for hydroxylation is 1. The van der Waals surface area contributed by atoms with E-state index in [2.05, 4.69) is 5.10 Å².